The molecule has 0 fully saturated rings. The van der Waals surface area contributed by atoms with Crippen molar-refractivity contribution in [3.05, 3.63) is 54.3 Å². The van der Waals surface area contributed by atoms with Gasteiger partial charge in [0.25, 0.3) is 0 Å². The maximum absolute atomic E-state index is 6.17. The van der Waals surface area contributed by atoms with Crippen LogP contribution in [0.5, 0.6) is 5.75 Å². The monoisotopic (exact) mass is 327 g/mol. The fraction of sp³-hybridized carbons (Fsp3) is 0.500. The first-order chi connectivity index (χ1) is 11.3. The zero-order valence-electron chi connectivity index (χ0n) is 16.4. The summed E-state index contributed by atoms with van der Waals surface area (Å²) in [5, 5.41) is 0. The van der Waals surface area contributed by atoms with Gasteiger partial charge in [-0.1, -0.05) is 58.6 Å². The predicted molar refractivity (Wildman–Crippen MR) is 106 cm³/mol. The number of hydrogen-bond donors (Lipinski definition) is 0. The van der Waals surface area contributed by atoms with Crippen molar-refractivity contribution in [2.45, 2.75) is 53.9 Å². The molecule has 0 saturated carbocycles. The third-order valence-electron chi connectivity index (χ3n) is 4.81. The number of hydrogen-bond acceptors (Lipinski definition) is 2. The molecule has 2 nitrogen and oxygen atoms in total. The van der Waals surface area contributed by atoms with Crippen molar-refractivity contribution < 1.29 is 4.74 Å². The van der Waals surface area contributed by atoms with Crippen LogP contribution in [0.1, 0.15) is 59.4 Å². The lowest BCUT2D eigenvalue weighted by molar-refractivity contribution is 0.309. The first-order valence-electron chi connectivity index (χ1n) is 8.87. The molecule has 1 aromatic rings. The highest BCUT2D eigenvalue weighted by Crippen LogP contribution is 2.36. The van der Waals surface area contributed by atoms with E-state index in [1.165, 1.54) is 5.56 Å². The standard InChI is InChI=1S/C22H33NO/c1-9-12-17(5)21(23-8)22(7,10-2)18(6)24-20-14-11-13-19(15-20)16(3)4/h9,11-17H,6,10H2,1-5,7-8H3/t17-,22?/m0/s1. The fourth-order valence-corrected chi connectivity index (χ4v) is 3.05. The van der Waals surface area contributed by atoms with Crippen molar-refractivity contribution in [1.82, 2.24) is 0 Å². The number of ether oxygens (including phenoxy) is 1. The van der Waals surface area contributed by atoms with Gasteiger partial charge in [-0.3, -0.25) is 4.99 Å². The molecule has 0 radical (unpaired) electrons. The van der Waals surface area contributed by atoms with E-state index in [1.54, 1.807) is 0 Å². The Balaban J connectivity index is 3.10. The third kappa shape index (κ3) is 4.59. The molecular formula is C22H33NO. The van der Waals surface area contributed by atoms with Crippen LogP contribution in [-0.2, 0) is 0 Å². The molecule has 0 N–H and O–H groups in total. The van der Waals surface area contributed by atoms with E-state index in [0.717, 1.165) is 23.6 Å². The van der Waals surface area contributed by atoms with E-state index in [4.69, 9.17) is 4.74 Å². The van der Waals surface area contributed by atoms with Crippen LogP contribution in [0.25, 0.3) is 0 Å². The average molecular weight is 328 g/mol. The SMILES string of the molecule is C=C(Oc1cccc(C(C)C)c1)C(C)(CC)C(=NC)[C@@H](C)C=CC. The van der Waals surface area contributed by atoms with Crippen LogP contribution >= 0.6 is 0 Å². The Morgan fingerprint density at radius 3 is 2.50 bits per heavy atom. The summed E-state index contributed by atoms with van der Waals surface area (Å²) in [6.07, 6.45) is 5.13. The Labute approximate surface area is 148 Å². The van der Waals surface area contributed by atoms with E-state index in [0.29, 0.717) is 5.92 Å². The van der Waals surface area contributed by atoms with Crippen LogP contribution in [0, 0.1) is 11.3 Å². The van der Waals surface area contributed by atoms with Crippen LogP contribution in [-0.4, -0.2) is 12.8 Å². The number of aliphatic imine (C=N–C) groups is 1. The lowest BCUT2D eigenvalue weighted by Crippen LogP contribution is -2.35. The minimum absolute atomic E-state index is 0.257. The Morgan fingerprint density at radius 2 is 2.00 bits per heavy atom. The molecule has 0 saturated heterocycles. The molecule has 24 heavy (non-hydrogen) atoms. The second-order valence-electron chi connectivity index (χ2n) is 6.86. The van der Waals surface area contributed by atoms with Crippen molar-refractivity contribution in [1.29, 1.82) is 0 Å². The van der Waals surface area contributed by atoms with E-state index in [2.05, 4.69) is 70.5 Å². The van der Waals surface area contributed by atoms with Crippen molar-refractivity contribution in [2.75, 3.05) is 7.05 Å². The molecule has 0 aliphatic rings. The van der Waals surface area contributed by atoms with Gasteiger partial charge in [-0.25, -0.2) is 0 Å². The zero-order chi connectivity index (χ0) is 18.3. The molecule has 2 atom stereocenters. The molecule has 0 amide bonds. The van der Waals surface area contributed by atoms with Gasteiger partial charge in [-0.2, -0.15) is 0 Å². The summed E-state index contributed by atoms with van der Waals surface area (Å²) in [6.45, 7) is 17.2. The summed E-state index contributed by atoms with van der Waals surface area (Å²) in [4.78, 5) is 4.58. The molecule has 1 aromatic carbocycles. The highest BCUT2D eigenvalue weighted by molar-refractivity contribution is 5.95. The van der Waals surface area contributed by atoms with Gasteiger partial charge in [-0.15, -0.1) is 0 Å². The molecule has 0 aliphatic carbocycles. The van der Waals surface area contributed by atoms with Gasteiger partial charge >= 0.3 is 0 Å². The van der Waals surface area contributed by atoms with Crippen LogP contribution in [0.2, 0.25) is 0 Å². The van der Waals surface area contributed by atoms with Crippen molar-refractivity contribution in [3.63, 3.8) is 0 Å². The van der Waals surface area contributed by atoms with Crippen molar-refractivity contribution in [3.8, 4) is 5.75 Å². The molecule has 0 spiro atoms. The first-order valence-corrected chi connectivity index (χ1v) is 8.87. The van der Waals surface area contributed by atoms with Crippen molar-refractivity contribution in [2.24, 2.45) is 16.3 Å². The first kappa shape index (κ1) is 20.2. The van der Waals surface area contributed by atoms with Gasteiger partial charge in [0.1, 0.15) is 11.5 Å². The predicted octanol–water partition coefficient (Wildman–Crippen LogP) is 6.40. The highest BCUT2D eigenvalue weighted by Gasteiger charge is 2.35. The molecule has 132 valence electrons. The Morgan fingerprint density at radius 1 is 1.33 bits per heavy atom. The molecule has 0 aliphatic heterocycles. The Kier molecular flexibility index (Phi) is 7.47. The zero-order valence-corrected chi connectivity index (χ0v) is 16.4. The normalized spacial score (nSPS) is 16.2. The second kappa shape index (κ2) is 8.86. The smallest absolute Gasteiger partial charge is 0.127 e. The summed E-state index contributed by atoms with van der Waals surface area (Å²) in [5.41, 5.74) is 2.08. The van der Waals surface area contributed by atoms with E-state index < -0.39 is 0 Å². The van der Waals surface area contributed by atoms with E-state index in [1.807, 2.05) is 26.1 Å². The molecule has 1 unspecified atom stereocenters. The van der Waals surface area contributed by atoms with E-state index >= 15 is 0 Å². The maximum Gasteiger partial charge on any atom is 0.127 e. The van der Waals surface area contributed by atoms with Gasteiger partial charge in [0, 0.05) is 18.7 Å². The maximum atomic E-state index is 6.17. The number of benzene rings is 1. The van der Waals surface area contributed by atoms with E-state index in [9.17, 15) is 0 Å². The minimum atomic E-state index is -0.290. The van der Waals surface area contributed by atoms with Crippen molar-refractivity contribution >= 4 is 5.71 Å². The summed E-state index contributed by atoms with van der Waals surface area (Å²) in [5.74, 6) is 2.33. The topological polar surface area (TPSA) is 21.6 Å². The summed E-state index contributed by atoms with van der Waals surface area (Å²) >= 11 is 0. The average Bonchev–Trinajstić information content (AvgIpc) is 2.55. The lowest BCUT2D eigenvalue weighted by atomic mass is 9.75. The summed E-state index contributed by atoms with van der Waals surface area (Å²) in [6, 6.07) is 8.26. The largest absolute Gasteiger partial charge is 0.461 e. The van der Waals surface area contributed by atoms with Crippen LogP contribution < -0.4 is 4.74 Å². The van der Waals surface area contributed by atoms with Crippen LogP contribution in [0.4, 0.5) is 0 Å². The van der Waals surface area contributed by atoms with Gasteiger partial charge in [0.15, 0.2) is 0 Å². The van der Waals surface area contributed by atoms with Crippen LogP contribution in [0.15, 0.2) is 53.7 Å². The molecule has 0 bridgehead atoms. The quantitative estimate of drug-likeness (QED) is 0.307. The Hall–Kier alpha value is -1.83. The van der Waals surface area contributed by atoms with Gasteiger partial charge in [0.2, 0.25) is 0 Å². The molecular weight excluding hydrogens is 294 g/mol. The van der Waals surface area contributed by atoms with Gasteiger partial charge in [0.05, 0.1) is 5.41 Å². The fourth-order valence-electron chi connectivity index (χ4n) is 3.05. The summed E-state index contributed by atoms with van der Waals surface area (Å²) in [7, 11) is 1.86. The van der Waals surface area contributed by atoms with Gasteiger partial charge < -0.3 is 4.74 Å². The van der Waals surface area contributed by atoms with E-state index in [-0.39, 0.29) is 11.3 Å². The molecule has 0 aromatic heterocycles. The highest BCUT2D eigenvalue weighted by atomic mass is 16.5. The van der Waals surface area contributed by atoms with Crippen LogP contribution in [0.3, 0.4) is 0 Å². The van der Waals surface area contributed by atoms with Gasteiger partial charge in [-0.05, 0) is 43.9 Å². The summed E-state index contributed by atoms with van der Waals surface area (Å²) < 4.78 is 6.17. The lowest BCUT2D eigenvalue weighted by Gasteiger charge is -2.34. The number of nitrogens with zero attached hydrogens (tertiary/aromatic N) is 1. The minimum Gasteiger partial charge on any atom is -0.461 e. The second-order valence-corrected chi connectivity index (χ2v) is 6.86. The molecule has 2 heteroatoms. The third-order valence-corrected chi connectivity index (χ3v) is 4.81. The number of rotatable bonds is 8. The molecule has 1 rings (SSSR count). The molecule has 0 heterocycles. The Bertz CT molecular complexity index is 612. The number of allylic oxidation sites excluding steroid dienone is 3.